The molecule has 0 bridgehead atoms. The SMILES string of the molecule is CC(C)CN1CCN(c2noc3c2C=C(F)CC=C3)CC1. The van der Waals surface area contributed by atoms with E-state index in [1.165, 1.54) is 0 Å². The van der Waals surface area contributed by atoms with Gasteiger partial charge >= 0.3 is 0 Å². The zero-order valence-corrected chi connectivity index (χ0v) is 12.7. The van der Waals surface area contributed by atoms with E-state index in [1.807, 2.05) is 6.08 Å². The first kappa shape index (κ1) is 14.3. The summed E-state index contributed by atoms with van der Waals surface area (Å²) in [5.74, 6) is 1.97. The summed E-state index contributed by atoms with van der Waals surface area (Å²) in [6, 6.07) is 0. The van der Waals surface area contributed by atoms with Crippen LogP contribution in [0.5, 0.6) is 0 Å². The number of hydrogen-bond acceptors (Lipinski definition) is 4. The third-order valence-corrected chi connectivity index (χ3v) is 3.92. The van der Waals surface area contributed by atoms with Gasteiger partial charge in [0.15, 0.2) is 11.6 Å². The van der Waals surface area contributed by atoms with Crippen molar-refractivity contribution in [3.05, 3.63) is 23.2 Å². The summed E-state index contributed by atoms with van der Waals surface area (Å²) in [5, 5.41) is 4.15. The van der Waals surface area contributed by atoms with Crippen LogP contribution in [0.15, 0.2) is 16.4 Å². The Bertz CT molecular complexity index is 554. The highest BCUT2D eigenvalue weighted by molar-refractivity contribution is 5.73. The minimum absolute atomic E-state index is 0.145. The van der Waals surface area contributed by atoms with Crippen LogP contribution in [0.3, 0.4) is 0 Å². The van der Waals surface area contributed by atoms with Gasteiger partial charge in [0.25, 0.3) is 0 Å². The maximum absolute atomic E-state index is 13.7. The summed E-state index contributed by atoms with van der Waals surface area (Å²) >= 11 is 0. The molecule has 0 saturated carbocycles. The number of halogens is 1. The molecule has 0 spiro atoms. The standard InChI is InChI=1S/C16H22FN3O/c1-12(2)11-19-6-8-20(9-7-19)16-14-10-13(17)4-3-5-15(14)21-18-16/h3,5,10,12H,4,6-9,11H2,1-2H3. The normalized spacial score (nSPS) is 19.6. The summed E-state index contributed by atoms with van der Waals surface area (Å²) in [6.07, 6.45) is 5.46. The first-order chi connectivity index (χ1) is 10.1. The highest BCUT2D eigenvalue weighted by Crippen LogP contribution is 2.30. The average Bonchev–Trinajstić information content (AvgIpc) is 2.73. The molecule has 0 radical (unpaired) electrons. The molecule has 0 atom stereocenters. The first-order valence-electron chi connectivity index (χ1n) is 7.63. The predicted octanol–water partition coefficient (Wildman–Crippen LogP) is 3.18. The molecule has 3 rings (SSSR count). The molecule has 2 heterocycles. The molecule has 1 aromatic heterocycles. The Morgan fingerprint density at radius 2 is 2.05 bits per heavy atom. The maximum Gasteiger partial charge on any atom is 0.180 e. The van der Waals surface area contributed by atoms with Crippen molar-refractivity contribution in [1.29, 1.82) is 0 Å². The van der Waals surface area contributed by atoms with Crippen molar-refractivity contribution in [2.45, 2.75) is 20.3 Å². The van der Waals surface area contributed by atoms with Crippen molar-refractivity contribution in [1.82, 2.24) is 10.1 Å². The number of rotatable bonds is 3. The molecule has 21 heavy (non-hydrogen) atoms. The lowest BCUT2D eigenvalue weighted by atomic mass is 10.1. The van der Waals surface area contributed by atoms with Gasteiger partial charge in [-0.05, 0) is 18.1 Å². The Labute approximate surface area is 124 Å². The molecule has 0 unspecified atom stereocenters. The number of nitrogens with zero attached hydrogens (tertiary/aromatic N) is 3. The van der Waals surface area contributed by atoms with Crippen molar-refractivity contribution in [2.24, 2.45) is 5.92 Å². The Balaban J connectivity index is 1.74. The molecule has 0 amide bonds. The summed E-state index contributed by atoms with van der Waals surface area (Å²) in [4.78, 5) is 4.67. The Kier molecular flexibility index (Phi) is 4.10. The van der Waals surface area contributed by atoms with Crippen LogP contribution in [0.25, 0.3) is 12.2 Å². The number of fused-ring (bicyclic) bond motifs is 1. The van der Waals surface area contributed by atoms with Crippen molar-refractivity contribution >= 4 is 18.0 Å². The van der Waals surface area contributed by atoms with Gasteiger partial charge in [-0.15, -0.1) is 0 Å². The minimum Gasteiger partial charge on any atom is -0.354 e. The second kappa shape index (κ2) is 6.02. The zero-order chi connectivity index (χ0) is 14.8. The van der Waals surface area contributed by atoms with E-state index >= 15 is 0 Å². The van der Waals surface area contributed by atoms with Crippen LogP contribution in [0, 0.1) is 5.92 Å². The van der Waals surface area contributed by atoms with E-state index in [0.29, 0.717) is 18.1 Å². The van der Waals surface area contributed by atoms with Gasteiger partial charge in [-0.25, -0.2) is 4.39 Å². The molecule has 1 saturated heterocycles. The van der Waals surface area contributed by atoms with Crippen LogP contribution < -0.4 is 4.90 Å². The predicted molar refractivity (Wildman–Crippen MR) is 82.7 cm³/mol. The smallest absolute Gasteiger partial charge is 0.180 e. The average molecular weight is 291 g/mol. The van der Waals surface area contributed by atoms with E-state index in [-0.39, 0.29) is 5.83 Å². The summed E-state index contributed by atoms with van der Waals surface area (Å²) in [6.45, 7) is 9.45. The molecule has 1 aliphatic carbocycles. The Morgan fingerprint density at radius 1 is 1.29 bits per heavy atom. The summed E-state index contributed by atoms with van der Waals surface area (Å²) in [7, 11) is 0. The molecule has 5 heteroatoms. The molecule has 1 aromatic rings. The van der Waals surface area contributed by atoms with Crippen molar-refractivity contribution in [3.63, 3.8) is 0 Å². The van der Waals surface area contributed by atoms with Crippen LogP contribution in [0.2, 0.25) is 0 Å². The van der Waals surface area contributed by atoms with Gasteiger partial charge in [0.1, 0.15) is 5.83 Å². The van der Waals surface area contributed by atoms with Gasteiger partial charge in [-0.3, -0.25) is 4.90 Å². The quantitative estimate of drug-likeness (QED) is 0.856. The number of hydrogen-bond donors (Lipinski definition) is 0. The lowest BCUT2D eigenvalue weighted by molar-refractivity contribution is 0.230. The van der Waals surface area contributed by atoms with E-state index in [1.54, 1.807) is 12.2 Å². The van der Waals surface area contributed by atoms with Gasteiger partial charge in [-0.2, -0.15) is 0 Å². The fraction of sp³-hybridized carbons (Fsp3) is 0.562. The zero-order valence-electron chi connectivity index (χ0n) is 12.7. The van der Waals surface area contributed by atoms with E-state index in [4.69, 9.17) is 4.52 Å². The van der Waals surface area contributed by atoms with E-state index in [2.05, 4.69) is 28.8 Å². The van der Waals surface area contributed by atoms with Crippen LogP contribution in [0.4, 0.5) is 10.2 Å². The Hall–Kier alpha value is -1.62. The van der Waals surface area contributed by atoms with Crippen molar-refractivity contribution in [3.8, 4) is 0 Å². The molecule has 4 nitrogen and oxygen atoms in total. The number of piperazine rings is 1. The van der Waals surface area contributed by atoms with Crippen LogP contribution in [-0.4, -0.2) is 42.8 Å². The lowest BCUT2D eigenvalue weighted by Gasteiger charge is -2.35. The molecule has 0 N–H and O–H groups in total. The molecule has 114 valence electrons. The van der Waals surface area contributed by atoms with Crippen LogP contribution in [0.1, 0.15) is 31.6 Å². The van der Waals surface area contributed by atoms with Gasteiger partial charge in [0.2, 0.25) is 0 Å². The van der Waals surface area contributed by atoms with Crippen LogP contribution in [-0.2, 0) is 0 Å². The molecule has 2 aliphatic rings. The van der Waals surface area contributed by atoms with Gasteiger partial charge in [-0.1, -0.05) is 25.1 Å². The molecule has 1 aliphatic heterocycles. The van der Waals surface area contributed by atoms with Gasteiger partial charge < -0.3 is 9.42 Å². The van der Waals surface area contributed by atoms with E-state index in [0.717, 1.165) is 44.1 Å². The number of anilines is 1. The summed E-state index contributed by atoms with van der Waals surface area (Å²) in [5.41, 5.74) is 0.776. The molecule has 1 fully saturated rings. The second-order valence-electron chi connectivity index (χ2n) is 6.16. The maximum atomic E-state index is 13.7. The highest BCUT2D eigenvalue weighted by atomic mass is 19.1. The first-order valence-corrected chi connectivity index (χ1v) is 7.63. The Morgan fingerprint density at radius 3 is 2.76 bits per heavy atom. The second-order valence-corrected chi connectivity index (χ2v) is 6.16. The minimum atomic E-state index is -0.145. The molecular weight excluding hydrogens is 269 g/mol. The topological polar surface area (TPSA) is 32.5 Å². The molecule has 0 aromatic carbocycles. The van der Waals surface area contributed by atoms with E-state index < -0.39 is 0 Å². The fourth-order valence-electron chi connectivity index (χ4n) is 2.94. The van der Waals surface area contributed by atoms with Crippen LogP contribution >= 0.6 is 0 Å². The van der Waals surface area contributed by atoms with Crippen molar-refractivity contribution in [2.75, 3.05) is 37.6 Å². The number of aromatic nitrogens is 1. The third-order valence-electron chi connectivity index (χ3n) is 3.92. The largest absolute Gasteiger partial charge is 0.354 e. The van der Waals surface area contributed by atoms with Crippen molar-refractivity contribution < 1.29 is 8.91 Å². The summed E-state index contributed by atoms with van der Waals surface area (Å²) < 4.78 is 19.0. The third kappa shape index (κ3) is 3.18. The monoisotopic (exact) mass is 291 g/mol. The van der Waals surface area contributed by atoms with E-state index in [9.17, 15) is 4.39 Å². The fourth-order valence-corrected chi connectivity index (χ4v) is 2.94. The van der Waals surface area contributed by atoms with Gasteiger partial charge in [0.05, 0.1) is 5.56 Å². The highest BCUT2D eigenvalue weighted by Gasteiger charge is 2.24. The van der Waals surface area contributed by atoms with Gasteiger partial charge in [0, 0.05) is 39.1 Å². The lowest BCUT2D eigenvalue weighted by Crippen LogP contribution is -2.47. The molecular formula is C16H22FN3O. The number of allylic oxidation sites excluding steroid dienone is 2.